The largest absolute Gasteiger partial charge is 0.308 e. The van der Waals surface area contributed by atoms with Gasteiger partial charge in [0.15, 0.2) is 0 Å². The Morgan fingerprint density at radius 2 is 1.80 bits per heavy atom. The van der Waals surface area contributed by atoms with Crippen LogP contribution in [0, 0.1) is 12.8 Å². The lowest BCUT2D eigenvalue weighted by molar-refractivity contribution is -0.120. The molecule has 1 aliphatic rings. The average Bonchev–Trinajstić information content (AvgIpc) is 3.26. The molecule has 0 spiro atoms. The number of hydrogen-bond donors (Lipinski definition) is 1. The first-order chi connectivity index (χ1) is 14.3. The molecule has 0 radical (unpaired) electrons. The van der Waals surface area contributed by atoms with Crippen LogP contribution >= 0.6 is 0 Å². The van der Waals surface area contributed by atoms with Gasteiger partial charge in [0.2, 0.25) is 21.9 Å². The topological polar surface area (TPSA) is 84.3 Å². The van der Waals surface area contributed by atoms with E-state index in [1.807, 2.05) is 49.6 Å². The van der Waals surface area contributed by atoms with Gasteiger partial charge in [-0.2, -0.15) is 4.72 Å². The highest BCUT2D eigenvalue weighted by atomic mass is 32.2. The van der Waals surface area contributed by atoms with E-state index in [1.54, 1.807) is 29.2 Å². The van der Waals surface area contributed by atoms with Gasteiger partial charge in [0.1, 0.15) is 6.04 Å². The van der Waals surface area contributed by atoms with Crippen molar-refractivity contribution in [2.45, 2.75) is 44.7 Å². The number of nitrogens with zero attached hydrogens (tertiary/aromatic N) is 3. The molecular weight excluding hydrogens is 400 g/mol. The van der Waals surface area contributed by atoms with E-state index in [2.05, 4.69) is 9.71 Å². The molecule has 2 heterocycles. The van der Waals surface area contributed by atoms with Crippen LogP contribution in [0.25, 0.3) is 11.0 Å². The lowest BCUT2D eigenvalue weighted by atomic mass is 10.0. The fourth-order valence-corrected chi connectivity index (χ4v) is 5.03. The molecule has 1 N–H and O–H groups in total. The van der Waals surface area contributed by atoms with E-state index >= 15 is 0 Å². The molecule has 4 rings (SSSR count). The maximum Gasteiger partial charge on any atom is 0.247 e. The zero-order valence-corrected chi connectivity index (χ0v) is 18.2. The fraction of sp³-hybridized carbons (Fsp3) is 0.364. The van der Waals surface area contributed by atoms with Crippen molar-refractivity contribution in [1.82, 2.24) is 14.3 Å². The summed E-state index contributed by atoms with van der Waals surface area (Å²) >= 11 is 0. The average molecular weight is 427 g/mol. The van der Waals surface area contributed by atoms with Gasteiger partial charge in [0.05, 0.1) is 15.9 Å². The lowest BCUT2D eigenvalue weighted by Crippen LogP contribution is -2.49. The number of amides is 1. The van der Waals surface area contributed by atoms with E-state index in [0.717, 1.165) is 16.6 Å². The first kappa shape index (κ1) is 20.6. The summed E-state index contributed by atoms with van der Waals surface area (Å²) in [5.74, 6) is 0.444. The Bertz CT molecular complexity index is 1180. The highest BCUT2D eigenvalue weighted by Gasteiger charge is 2.35. The molecule has 2 aromatic carbocycles. The number of rotatable bonds is 6. The quantitative estimate of drug-likeness (QED) is 0.656. The molecule has 30 heavy (non-hydrogen) atoms. The predicted octanol–water partition coefficient (Wildman–Crippen LogP) is 3.08. The number of sulfonamides is 1. The number of imidazole rings is 1. The molecule has 0 saturated carbocycles. The Kier molecular flexibility index (Phi) is 5.38. The Balaban J connectivity index is 1.63. The molecule has 1 aliphatic heterocycles. The summed E-state index contributed by atoms with van der Waals surface area (Å²) in [6.45, 7) is 6.96. The van der Waals surface area contributed by atoms with E-state index in [9.17, 15) is 13.2 Å². The minimum Gasteiger partial charge on any atom is -0.308 e. The number of hydrogen-bond acceptors (Lipinski definition) is 4. The third kappa shape index (κ3) is 3.85. The number of benzene rings is 2. The summed E-state index contributed by atoms with van der Waals surface area (Å²) in [6.07, 6.45) is 0.403. The van der Waals surface area contributed by atoms with Crippen LogP contribution in [-0.2, 0) is 21.4 Å². The zero-order chi connectivity index (χ0) is 21.5. The second-order valence-electron chi connectivity index (χ2n) is 8.16. The van der Waals surface area contributed by atoms with Crippen LogP contribution in [0.5, 0.6) is 0 Å². The minimum absolute atomic E-state index is 0.140. The van der Waals surface area contributed by atoms with E-state index in [4.69, 9.17) is 0 Å². The standard InChI is InChI=1S/C22H26N4O3S/c1-15(2)14-19(24-30(28,29)17-10-8-16(3)9-11-17)21(27)26-13-12-25-20-7-5-4-6-18(20)23-22(25)26/h4-11,15,19,24H,12-14H2,1-3H3. The first-order valence-corrected chi connectivity index (χ1v) is 11.6. The van der Waals surface area contributed by atoms with Crippen molar-refractivity contribution < 1.29 is 13.2 Å². The van der Waals surface area contributed by atoms with Crippen LogP contribution < -0.4 is 9.62 Å². The second kappa shape index (κ2) is 7.85. The Labute approximate surface area is 176 Å². The normalized spacial score (nSPS) is 15.0. The highest BCUT2D eigenvalue weighted by molar-refractivity contribution is 7.89. The molecule has 158 valence electrons. The minimum atomic E-state index is -3.82. The van der Waals surface area contributed by atoms with Crippen molar-refractivity contribution >= 4 is 32.9 Å². The number of carbonyl (C=O) groups excluding carboxylic acids is 1. The van der Waals surface area contributed by atoms with E-state index < -0.39 is 16.1 Å². The molecule has 3 aromatic rings. The van der Waals surface area contributed by atoms with E-state index in [0.29, 0.717) is 25.5 Å². The molecule has 7 nitrogen and oxygen atoms in total. The number of carbonyl (C=O) groups is 1. The molecule has 8 heteroatoms. The van der Waals surface area contributed by atoms with E-state index in [1.165, 1.54) is 0 Å². The lowest BCUT2D eigenvalue weighted by Gasteiger charge is -2.24. The summed E-state index contributed by atoms with van der Waals surface area (Å²) in [6, 6.07) is 13.5. The number of nitrogens with one attached hydrogen (secondary N) is 1. The third-order valence-corrected chi connectivity index (χ3v) is 6.81. The molecular formula is C22H26N4O3S. The molecule has 0 saturated heterocycles. The smallest absolute Gasteiger partial charge is 0.247 e. The summed E-state index contributed by atoms with van der Waals surface area (Å²) in [7, 11) is -3.82. The van der Waals surface area contributed by atoms with Crippen LogP contribution in [0.15, 0.2) is 53.4 Å². The molecule has 1 atom stereocenters. The van der Waals surface area contributed by atoms with Crippen LogP contribution in [0.4, 0.5) is 5.95 Å². The number of anilines is 1. The third-order valence-electron chi connectivity index (χ3n) is 5.32. The number of para-hydroxylation sites is 2. The summed E-state index contributed by atoms with van der Waals surface area (Å²) in [4.78, 5) is 19.8. The molecule has 1 aromatic heterocycles. The van der Waals surface area contributed by atoms with Crippen molar-refractivity contribution in [3.05, 3.63) is 54.1 Å². The number of aryl methyl sites for hydroxylation is 1. The summed E-state index contributed by atoms with van der Waals surface area (Å²) in [5, 5.41) is 0. The van der Waals surface area contributed by atoms with Gasteiger partial charge in [-0.3, -0.25) is 9.69 Å². The zero-order valence-electron chi connectivity index (χ0n) is 17.4. The molecule has 0 aliphatic carbocycles. The van der Waals surface area contributed by atoms with Gasteiger partial charge < -0.3 is 4.57 Å². The summed E-state index contributed by atoms with van der Waals surface area (Å²) in [5.41, 5.74) is 2.77. The monoisotopic (exact) mass is 426 g/mol. The molecule has 0 fully saturated rings. The van der Waals surface area contributed by atoms with Gasteiger partial charge >= 0.3 is 0 Å². The molecule has 0 bridgehead atoms. The van der Waals surface area contributed by atoms with Crippen LogP contribution in [0.3, 0.4) is 0 Å². The van der Waals surface area contributed by atoms with Crippen molar-refractivity contribution in [2.75, 3.05) is 11.4 Å². The molecule has 1 unspecified atom stereocenters. The Morgan fingerprint density at radius 3 is 2.50 bits per heavy atom. The van der Waals surface area contributed by atoms with Crippen molar-refractivity contribution in [3.63, 3.8) is 0 Å². The van der Waals surface area contributed by atoms with Crippen LogP contribution in [0.1, 0.15) is 25.8 Å². The van der Waals surface area contributed by atoms with Crippen molar-refractivity contribution in [2.24, 2.45) is 5.92 Å². The van der Waals surface area contributed by atoms with Gasteiger partial charge in [0.25, 0.3) is 0 Å². The SMILES string of the molecule is Cc1ccc(S(=O)(=O)NC(CC(C)C)C(=O)N2CCn3c2nc2ccccc23)cc1. The molecule has 1 amide bonds. The van der Waals surface area contributed by atoms with Crippen LogP contribution in [0.2, 0.25) is 0 Å². The van der Waals surface area contributed by atoms with E-state index in [-0.39, 0.29) is 16.7 Å². The van der Waals surface area contributed by atoms with Crippen molar-refractivity contribution in [1.29, 1.82) is 0 Å². The van der Waals surface area contributed by atoms with Gasteiger partial charge in [0, 0.05) is 13.1 Å². The number of aromatic nitrogens is 2. The fourth-order valence-electron chi connectivity index (χ4n) is 3.83. The first-order valence-electron chi connectivity index (χ1n) is 10.1. The Morgan fingerprint density at radius 1 is 1.10 bits per heavy atom. The maximum atomic E-state index is 13.4. The second-order valence-corrected chi connectivity index (χ2v) is 9.87. The van der Waals surface area contributed by atoms with Gasteiger partial charge in [-0.25, -0.2) is 13.4 Å². The highest BCUT2D eigenvalue weighted by Crippen LogP contribution is 2.28. The predicted molar refractivity (Wildman–Crippen MR) is 117 cm³/mol. The summed E-state index contributed by atoms with van der Waals surface area (Å²) < 4.78 is 30.5. The number of fused-ring (bicyclic) bond motifs is 3. The Hall–Kier alpha value is -2.71. The van der Waals surface area contributed by atoms with Gasteiger partial charge in [-0.05, 0) is 43.5 Å². The van der Waals surface area contributed by atoms with Gasteiger partial charge in [-0.15, -0.1) is 0 Å². The van der Waals surface area contributed by atoms with Crippen LogP contribution in [-0.4, -0.2) is 36.5 Å². The maximum absolute atomic E-state index is 13.4. The van der Waals surface area contributed by atoms with Gasteiger partial charge in [-0.1, -0.05) is 43.7 Å². The van der Waals surface area contributed by atoms with Crippen molar-refractivity contribution in [3.8, 4) is 0 Å².